The van der Waals surface area contributed by atoms with Crippen molar-refractivity contribution in [3.63, 3.8) is 0 Å². The van der Waals surface area contributed by atoms with Gasteiger partial charge < -0.3 is 5.11 Å². The van der Waals surface area contributed by atoms with Crippen molar-refractivity contribution in [1.29, 1.82) is 0 Å². The number of aromatic carboxylic acids is 1. The smallest absolute Gasteiger partial charge is 0.345 e. The van der Waals surface area contributed by atoms with E-state index in [1.165, 1.54) is 6.07 Å². The maximum atomic E-state index is 12.4. The second-order valence-electron chi connectivity index (χ2n) is 6.11. The number of sulfonamides is 1. The van der Waals surface area contributed by atoms with E-state index in [0.29, 0.717) is 3.79 Å². The fourth-order valence-corrected chi connectivity index (χ4v) is 6.15. The third-order valence-corrected chi connectivity index (χ3v) is 7.58. The average molecular weight is 396 g/mol. The van der Waals surface area contributed by atoms with E-state index in [0.717, 1.165) is 37.0 Å². The molecule has 0 amide bonds. The molecule has 1 aromatic heterocycles. The van der Waals surface area contributed by atoms with Crippen molar-refractivity contribution >= 4 is 43.3 Å². The molecule has 0 saturated heterocycles. The first-order valence-corrected chi connectivity index (χ1v) is 9.75. The van der Waals surface area contributed by atoms with Gasteiger partial charge in [0, 0.05) is 6.04 Å². The van der Waals surface area contributed by atoms with Gasteiger partial charge in [-0.15, -0.1) is 11.3 Å². The number of carboxylic acid groups (broad SMARTS) is 1. The zero-order valence-electron chi connectivity index (χ0n) is 11.8. The molecule has 0 atom stereocenters. The molecule has 118 valence electrons. The molecular formula is C13H18BrNO4S2. The normalized spacial score (nSPS) is 19.6. The molecule has 0 radical (unpaired) electrons. The minimum atomic E-state index is -3.69. The summed E-state index contributed by atoms with van der Waals surface area (Å²) in [5.41, 5.74) is 0.265. The largest absolute Gasteiger partial charge is 0.477 e. The summed E-state index contributed by atoms with van der Waals surface area (Å²) in [6.07, 6.45) is 3.57. The number of hydrogen-bond donors (Lipinski definition) is 2. The van der Waals surface area contributed by atoms with Gasteiger partial charge in [-0.3, -0.25) is 0 Å². The van der Waals surface area contributed by atoms with E-state index in [4.69, 9.17) is 5.11 Å². The second kappa shape index (κ2) is 5.98. The van der Waals surface area contributed by atoms with Gasteiger partial charge >= 0.3 is 5.97 Å². The van der Waals surface area contributed by atoms with Crippen LogP contribution in [0.2, 0.25) is 0 Å². The summed E-state index contributed by atoms with van der Waals surface area (Å²) < 4.78 is 27.8. The summed E-state index contributed by atoms with van der Waals surface area (Å²) >= 11 is 4.05. The van der Waals surface area contributed by atoms with E-state index >= 15 is 0 Å². The van der Waals surface area contributed by atoms with Gasteiger partial charge in [-0.05, 0) is 53.1 Å². The Hall–Kier alpha value is -0.440. The molecule has 5 nitrogen and oxygen atoms in total. The number of rotatable bonds is 4. The van der Waals surface area contributed by atoms with Crippen LogP contribution in [0, 0.1) is 5.41 Å². The summed E-state index contributed by atoms with van der Waals surface area (Å²) in [7, 11) is -3.69. The lowest BCUT2D eigenvalue weighted by atomic mass is 9.76. The lowest BCUT2D eigenvalue weighted by molar-refractivity contribution is 0.0702. The van der Waals surface area contributed by atoms with Crippen molar-refractivity contribution in [2.24, 2.45) is 5.41 Å². The highest BCUT2D eigenvalue weighted by Crippen LogP contribution is 2.36. The summed E-state index contributed by atoms with van der Waals surface area (Å²) in [4.78, 5) is 10.9. The van der Waals surface area contributed by atoms with Crippen molar-refractivity contribution in [3.05, 3.63) is 14.7 Å². The van der Waals surface area contributed by atoms with Crippen LogP contribution in [0.4, 0.5) is 0 Å². The monoisotopic (exact) mass is 395 g/mol. The standard InChI is InChI=1S/C13H18BrNO4S2/c1-13(2)5-3-8(4-6-13)15-21(18,19)10-7-9(12(16)17)20-11(10)14/h7-8,15H,3-6H2,1-2H3,(H,16,17). The van der Waals surface area contributed by atoms with E-state index in [9.17, 15) is 13.2 Å². The van der Waals surface area contributed by atoms with Crippen molar-refractivity contribution < 1.29 is 18.3 Å². The van der Waals surface area contributed by atoms with Crippen LogP contribution >= 0.6 is 27.3 Å². The van der Waals surface area contributed by atoms with Gasteiger partial charge in [0.15, 0.2) is 0 Å². The molecule has 0 bridgehead atoms. The lowest BCUT2D eigenvalue weighted by Gasteiger charge is -2.34. The Balaban J connectivity index is 2.14. The van der Waals surface area contributed by atoms with Gasteiger partial charge in [0.1, 0.15) is 9.77 Å². The first kappa shape index (κ1) is 16.9. The molecule has 1 aromatic rings. The molecule has 21 heavy (non-hydrogen) atoms. The van der Waals surface area contributed by atoms with Crippen LogP contribution in [-0.4, -0.2) is 25.5 Å². The number of halogens is 1. The van der Waals surface area contributed by atoms with Crippen molar-refractivity contribution in [2.75, 3.05) is 0 Å². The van der Waals surface area contributed by atoms with E-state index in [2.05, 4.69) is 34.5 Å². The number of carboxylic acids is 1. The quantitative estimate of drug-likeness (QED) is 0.817. The van der Waals surface area contributed by atoms with Crippen LogP contribution in [0.15, 0.2) is 14.7 Å². The minimum Gasteiger partial charge on any atom is -0.477 e. The third kappa shape index (κ3) is 4.06. The Morgan fingerprint density at radius 1 is 1.43 bits per heavy atom. The molecule has 1 fully saturated rings. The van der Waals surface area contributed by atoms with E-state index in [-0.39, 0.29) is 21.2 Å². The van der Waals surface area contributed by atoms with Crippen molar-refractivity contribution in [3.8, 4) is 0 Å². The Kier molecular flexibility index (Phi) is 4.82. The number of nitrogens with one attached hydrogen (secondary N) is 1. The van der Waals surface area contributed by atoms with Crippen LogP contribution in [0.5, 0.6) is 0 Å². The first-order valence-electron chi connectivity index (χ1n) is 6.66. The van der Waals surface area contributed by atoms with Gasteiger partial charge in [0.05, 0.1) is 3.79 Å². The number of thiophene rings is 1. The Bertz CT molecular complexity index is 641. The van der Waals surface area contributed by atoms with Crippen LogP contribution < -0.4 is 4.72 Å². The molecule has 0 aromatic carbocycles. The fourth-order valence-electron chi connectivity index (χ4n) is 2.44. The van der Waals surface area contributed by atoms with E-state index < -0.39 is 16.0 Å². The predicted molar refractivity (Wildman–Crippen MR) is 85.3 cm³/mol. The molecule has 0 unspecified atom stereocenters. The van der Waals surface area contributed by atoms with Crippen LogP contribution in [0.1, 0.15) is 49.2 Å². The van der Waals surface area contributed by atoms with Crippen molar-refractivity contribution in [2.45, 2.75) is 50.5 Å². The Morgan fingerprint density at radius 2 is 2.00 bits per heavy atom. The molecule has 0 aliphatic heterocycles. The highest BCUT2D eigenvalue weighted by atomic mass is 79.9. The summed E-state index contributed by atoms with van der Waals surface area (Å²) in [5, 5.41) is 8.94. The lowest BCUT2D eigenvalue weighted by Crippen LogP contribution is -2.39. The summed E-state index contributed by atoms with van der Waals surface area (Å²) in [6, 6.07) is 1.12. The van der Waals surface area contributed by atoms with Crippen LogP contribution in [0.25, 0.3) is 0 Å². The molecule has 2 N–H and O–H groups in total. The van der Waals surface area contributed by atoms with Crippen molar-refractivity contribution in [1.82, 2.24) is 4.72 Å². The van der Waals surface area contributed by atoms with Gasteiger partial charge in [-0.2, -0.15) is 0 Å². The zero-order chi connectivity index (χ0) is 15.8. The predicted octanol–water partition coefficient (Wildman–Crippen LogP) is 3.46. The maximum Gasteiger partial charge on any atom is 0.345 e. The van der Waals surface area contributed by atoms with E-state index in [1.807, 2.05) is 0 Å². The average Bonchev–Trinajstić information content (AvgIpc) is 2.75. The van der Waals surface area contributed by atoms with Gasteiger partial charge in [0.25, 0.3) is 0 Å². The summed E-state index contributed by atoms with van der Waals surface area (Å²) in [6.45, 7) is 4.37. The first-order chi connectivity index (χ1) is 9.61. The van der Waals surface area contributed by atoms with E-state index in [1.54, 1.807) is 0 Å². The second-order valence-corrected chi connectivity index (χ2v) is 10.2. The number of hydrogen-bond acceptors (Lipinski definition) is 4. The molecule has 1 saturated carbocycles. The highest BCUT2D eigenvalue weighted by Gasteiger charge is 2.31. The molecule has 8 heteroatoms. The topological polar surface area (TPSA) is 83.5 Å². The Morgan fingerprint density at radius 3 is 2.48 bits per heavy atom. The molecular weight excluding hydrogens is 378 g/mol. The van der Waals surface area contributed by atoms with Gasteiger partial charge in [-0.25, -0.2) is 17.9 Å². The Labute approximate surface area is 136 Å². The minimum absolute atomic E-state index is 0.00651. The molecule has 2 rings (SSSR count). The van der Waals surface area contributed by atoms with Gasteiger partial charge in [-0.1, -0.05) is 13.8 Å². The zero-order valence-corrected chi connectivity index (χ0v) is 15.1. The van der Waals surface area contributed by atoms with Crippen LogP contribution in [0.3, 0.4) is 0 Å². The van der Waals surface area contributed by atoms with Crippen LogP contribution in [-0.2, 0) is 10.0 Å². The molecule has 0 spiro atoms. The molecule has 1 aliphatic rings. The summed E-state index contributed by atoms with van der Waals surface area (Å²) in [5.74, 6) is -1.12. The highest BCUT2D eigenvalue weighted by molar-refractivity contribution is 9.11. The molecule has 1 heterocycles. The molecule has 1 aliphatic carbocycles. The third-order valence-electron chi connectivity index (χ3n) is 3.82. The maximum absolute atomic E-state index is 12.4. The SMILES string of the molecule is CC1(C)CCC(NS(=O)(=O)c2cc(C(=O)O)sc2Br)CC1. The fraction of sp³-hybridized carbons (Fsp3) is 0.615. The number of carbonyl (C=O) groups is 1. The van der Waals surface area contributed by atoms with Gasteiger partial charge in [0.2, 0.25) is 10.0 Å².